The van der Waals surface area contributed by atoms with Crippen molar-refractivity contribution in [2.24, 2.45) is 0 Å². The minimum atomic E-state index is -0.826. The van der Waals surface area contributed by atoms with E-state index in [-0.39, 0.29) is 0 Å². The van der Waals surface area contributed by atoms with Crippen molar-refractivity contribution in [1.82, 2.24) is 5.32 Å². The van der Waals surface area contributed by atoms with Gasteiger partial charge in [-0.15, -0.1) is 0 Å². The molecule has 0 aliphatic heterocycles. The largest absolute Gasteiger partial charge is 0.352 e. The molecule has 1 amide bonds. The molecule has 0 aliphatic carbocycles. The molecule has 0 saturated heterocycles. The average molecular weight is 227 g/mol. The monoisotopic (exact) mass is 227 g/mol. The minimum Gasteiger partial charge on any atom is -0.352 e. The summed E-state index contributed by atoms with van der Waals surface area (Å²) in [5.74, 6) is -2.34. The molecule has 1 aromatic carbocycles. The second-order valence-electron chi connectivity index (χ2n) is 3.56. The number of unbranched alkanes of at least 4 members (excludes halogenated alkanes) is 2. The Kier molecular flexibility index (Phi) is 4.89. The van der Waals surface area contributed by atoms with Crippen molar-refractivity contribution < 1.29 is 13.6 Å². The van der Waals surface area contributed by atoms with Crippen molar-refractivity contribution in [2.45, 2.75) is 26.2 Å². The first-order valence-electron chi connectivity index (χ1n) is 5.39. The van der Waals surface area contributed by atoms with E-state index in [4.69, 9.17) is 0 Å². The van der Waals surface area contributed by atoms with Gasteiger partial charge < -0.3 is 5.32 Å². The zero-order valence-corrected chi connectivity index (χ0v) is 9.22. The summed E-state index contributed by atoms with van der Waals surface area (Å²) in [5, 5.41) is 2.50. The van der Waals surface area contributed by atoms with Crippen LogP contribution in [-0.4, -0.2) is 12.5 Å². The number of carbonyl (C=O) groups excluding carboxylic acids is 1. The SMILES string of the molecule is CCCCCNC(=O)c1c(F)cccc1F. The maximum absolute atomic E-state index is 13.2. The molecule has 4 heteroatoms. The lowest BCUT2D eigenvalue weighted by Crippen LogP contribution is -2.26. The van der Waals surface area contributed by atoms with Gasteiger partial charge in [-0.3, -0.25) is 4.79 Å². The number of halogens is 2. The summed E-state index contributed by atoms with van der Waals surface area (Å²) in [4.78, 5) is 11.5. The molecule has 0 aliphatic rings. The molecule has 0 heterocycles. The van der Waals surface area contributed by atoms with Gasteiger partial charge in [0.25, 0.3) is 5.91 Å². The van der Waals surface area contributed by atoms with Gasteiger partial charge in [0.15, 0.2) is 0 Å². The van der Waals surface area contributed by atoms with Gasteiger partial charge in [0.1, 0.15) is 17.2 Å². The second kappa shape index (κ2) is 6.20. The summed E-state index contributed by atoms with van der Waals surface area (Å²) in [7, 11) is 0. The second-order valence-corrected chi connectivity index (χ2v) is 3.56. The lowest BCUT2D eigenvalue weighted by Gasteiger charge is -2.06. The first-order chi connectivity index (χ1) is 7.66. The van der Waals surface area contributed by atoms with Crippen LogP contribution in [0.15, 0.2) is 18.2 Å². The van der Waals surface area contributed by atoms with Crippen LogP contribution in [0.4, 0.5) is 8.78 Å². The van der Waals surface area contributed by atoms with Crippen LogP contribution in [0.25, 0.3) is 0 Å². The van der Waals surface area contributed by atoms with Crippen LogP contribution in [0.3, 0.4) is 0 Å². The number of benzene rings is 1. The molecule has 0 unspecified atom stereocenters. The third-order valence-corrected chi connectivity index (χ3v) is 2.26. The van der Waals surface area contributed by atoms with E-state index in [2.05, 4.69) is 5.32 Å². The minimum absolute atomic E-state index is 0.445. The van der Waals surface area contributed by atoms with Gasteiger partial charge in [0, 0.05) is 6.54 Å². The number of amides is 1. The van der Waals surface area contributed by atoms with Crippen LogP contribution in [0, 0.1) is 11.6 Å². The summed E-state index contributed by atoms with van der Waals surface area (Å²) in [6.07, 6.45) is 2.84. The molecule has 0 spiro atoms. The van der Waals surface area contributed by atoms with Gasteiger partial charge in [0.05, 0.1) is 0 Å². The number of nitrogens with one attached hydrogen (secondary N) is 1. The Hall–Kier alpha value is -1.45. The molecule has 1 N–H and O–H groups in total. The number of hydrogen-bond acceptors (Lipinski definition) is 1. The van der Waals surface area contributed by atoms with Gasteiger partial charge in [0.2, 0.25) is 0 Å². The highest BCUT2D eigenvalue weighted by atomic mass is 19.1. The third-order valence-electron chi connectivity index (χ3n) is 2.26. The first kappa shape index (κ1) is 12.6. The first-order valence-corrected chi connectivity index (χ1v) is 5.39. The molecule has 88 valence electrons. The molecule has 1 aromatic rings. The van der Waals surface area contributed by atoms with E-state index in [0.717, 1.165) is 31.4 Å². The molecule has 16 heavy (non-hydrogen) atoms. The highest BCUT2D eigenvalue weighted by Crippen LogP contribution is 2.11. The van der Waals surface area contributed by atoms with Crippen molar-refractivity contribution in [3.05, 3.63) is 35.4 Å². The lowest BCUT2D eigenvalue weighted by molar-refractivity contribution is 0.0944. The van der Waals surface area contributed by atoms with E-state index in [9.17, 15) is 13.6 Å². The molecule has 2 nitrogen and oxygen atoms in total. The fourth-order valence-corrected chi connectivity index (χ4v) is 1.38. The van der Waals surface area contributed by atoms with E-state index in [1.54, 1.807) is 0 Å². The molecule has 0 fully saturated rings. The summed E-state index contributed by atoms with van der Waals surface area (Å²) in [5.41, 5.74) is -0.501. The molecule has 0 atom stereocenters. The quantitative estimate of drug-likeness (QED) is 0.770. The van der Waals surface area contributed by atoms with Crippen LogP contribution >= 0.6 is 0 Å². The molecular weight excluding hydrogens is 212 g/mol. The van der Waals surface area contributed by atoms with Crippen molar-refractivity contribution in [1.29, 1.82) is 0 Å². The molecule has 0 saturated carbocycles. The van der Waals surface area contributed by atoms with Crippen molar-refractivity contribution in [2.75, 3.05) is 6.54 Å². The van der Waals surface area contributed by atoms with Gasteiger partial charge in [-0.25, -0.2) is 8.78 Å². The zero-order valence-electron chi connectivity index (χ0n) is 9.22. The average Bonchev–Trinajstić information content (AvgIpc) is 2.24. The normalized spacial score (nSPS) is 10.2. The Bertz CT molecular complexity index is 346. The summed E-state index contributed by atoms with van der Waals surface area (Å²) in [6, 6.07) is 3.38. The Balaban J connectivity index is 2.59. The highest BCUT2D eigenvalue weighted by Gasteiger charge is 2.15. The fraction of sp³-hybridized carbons (Fsp3) is 0.417. The van der Waals surface area contributed by atoms with E-state index in [0.29, 0.717) is 6.54 Å². The van der Waals surface area contributed by atoms with Crippen LogP contribution in [0.5, 0.6) is 0 Å². The topological polar surface area (TPSA) is 29.1 Å². The predicted octanol–water partition coefficient (Wildman–Crippen LogP) is 2.88. The molecule has 1 rings (SSSR count). The number of carbonyl (C=O) groups is 1. The van der Waals surface area contributed by atoms with Gasteiger partial charge in [-0.2, -0.15) is 0 Å². The van der Waals surface area contributed by atoms with E-state index < -0.39 is 23.1 Å². The molecular formula is C12H15F2NO. The van der Waals surface area contributed by atoms with Gasteiger partial charge in [-0.05, 0) is 18.6 Å². The number of rotatable bonds is 5. The Morgan fingerprint density at radius 1 is 1.25 bits per heavy atom. The van der Waals surface area contributed by atoms with Crippen molar-refractivity contribution in [3.63, 3.8) is 0 Å². The van der Waals surface area contributed by atoms with Crippen LogP contribution in [0.1, 0.15) is 36.5 Å². The van der Waals surface area contributed by atoms with Gasteiger partial charge >= 0.3 is 0 Å². The summed E-state index contributed by atoms with van der Waals surface area (Å²) < 4.78 is 26.4. The third kappa shape index (κ3) is 3.29. The summed E-state index contributed by atoms with van der Waals surface area (Å²) >= 11 is 0. The van der Waals surface area contributed by atoms with Crippen LogP contribution in [0.2, 0.25) is 0 Å². The fourth-order valence-electron chi connectivity index (χ4n) is 1.38. The van der Waals surface area contributed by atoms with E-state index in [1.165, 1.54) is 6.07 Å². The standard InChI is InChI=1S/C12H15F2NO/c1-2-3-4-8-15-12(16)11-9(13)6-5-7-10(11)14/h5-7H,2-4,8H2,1H3,(H,15,16). The Morgan fingerprint density at radius 3 is 2.44 bits per heavy atom. The van der Waals surface area contributed by atoms with Crippen molar-refractivity contribution in [3.8, 4) is 0 Å². The molecule has 0 bridgehead atoms. The predicted molar refractivity (Wildman–Crippen MR) is 58.2 cm³/mol. The number of hydrogen-bond donors (Lipinski definition) is 1. The van der Waals surface area contributed by atoms with E-state index >= 15 is 0 Å². The van der Waals surface area contributed by atoms with Gasteiger partial charge in [-0.1, -0.05) is 25.8 Å². The van der Waals surface area contributed by atoms with Crippen LogP contribution in [-0.2, 0) is 0 Å². The lowest BCUT2D eigenvalue weighted by atomic mass is 10.2. The molecule has 0 aromatic heterocycles. The van der Waals surface area contributed by atoms with Crippen molar-refractivity contribution >= 4 is 5.91 Å². The smallest absolute Gasteiger partial charge is 0.257 e. The Labute approximate surface area is 93.7 Å². The van der Waals surface area contributed by atoms with E-state index in [1.807, 2.05) is 6.92 Å². The highest BCUT2D eigenvalue weighted by molar-refractivity contribution is 5.94. The maximum Gasteiger partial charge on any atom is 0.257 e. The maximum atomic E-state index is 13.2. The van der Waals surface area contributed by atoms with Crippen LogP contribution < -0.4 is 5.32 Å². The Morgan fingerprint density at radius 2 is 1.88 bits per heavy atom. The molecule has 0 radical (unpaired) electrons. The summed E-state index contributed by atoms with van der Waals surface area (Å²) in [6.45, 7) is 2.48. The zero-order chi connectivity index (χ0) is 12.0.